The summed E-state index contributed by atoms with van der Waals surface area (Å²) in [4.78, 5) is 31.9. The first-order valence-electron chi connectivity index (χ1n) is 12.0. The van der Waals surface area contributed by atoms with Crippen molar-refractivity contribution in [1.82, 2.24) is 4.57 Å². The molecule has 196 valence electrons. The molecular formula is C29H22BrN3O5S. The van der Waals surface area contributed by atoms with Crippen molar-refractivity contribution < 1.29 is 18.7 Å². The number of rotatable bonds is 6. The highest BCUT2D eigenvalue weighted by Crippen LogP contribution is 2.35. The zero-order valence-electron chi connectivity index (χ0n) is 21.2. The summed E-state index contributed by atoms with van der Waals surface area (Å²) >= 11 is 4.72. The second kappa shape index (κ2) is 10.9. The lowest BCUT2D eigenvalue weighted by atomic mass is 9.96. The van der Waals surface area contributed by atoms with Crippen molar-refractivity contribution in [3.05, 3.63) is 107 Å². The highest BCUT2D eigenvalue weighted by Gasteiger charge is 2.33. The Balaban J connectivity index is 1.66. The van der Waals surface area contributed by atoms with Crippen molar-refractivity contribution >= 4 is 39.3 Å². The van der Waals surface area contributed by atoms with Crippen LogP contribution in [0.2, 0.25) is 0 Å². The van der Waals surface area contributed by atoms with Gasteiger partial charge in [0.15, 0.2) is 4.80 Å². The third-order valence-electron chi connectivity index (χ3n) is 6.22. The zero-order chi connectivity index (χ0) is 27.7. The monoisotopic (exact) mass is 603 g/mol. The molecule has 0 saturated carbocycles. The molecule has 8 nitrogen and oxygen atoms in total. The standard InChI is InChI=1S/C29H22BrN3O5S/c1-4-37-28(35)25-16(2)32-29-33(26(25)17-9-11-23(36-3)21(30)13-17)27(34)24(39-29)14-19-10-12-22(38-19)20-8-6-5-7-18(20)15-31/h5-14,26H,4H2,1-3H3/b24-14+/t26-/m1/s1. The molecule has 3 heterocycles. The molecule has 4 aromatic rings. The highest BCUT2D eigenvalue weighted by molar-refractivity contribution is 9.10. The average molecular weight is 604 g/mol. The van der Waals surface area contributed by atoms with Crippen LogP contribution < -0.4 is 19.6 Å². The van der Waals surface area contributed by atoms with Crippen LogP contribution in [0, 0.1) is 11.3 Å². The summed E-state index contributed by atoms with van der Waals surface area (Å²) < 4.78 is 19.3. The fourth-order valence-electron chi connectivity index (χ4n) is 4.46. The van der Waals surface area contributed by atoms with Crippen molar-refractivity contribution in [1.29, 1.82) is 5.26 Å². The van der Waals surface area contributed by atoms with Crippen molar-refractivity contribution in [2.75, 3.05) is 13.7 Å². The lowest BCUT2D eigenvalue weighted by Gasteiger charge is -2.25. The van der Waals surface area contributed by atoms with Crippen LogP contribution in [0.4, 0.5) is 0 Å². The van der Waals surface area contributed by atoms with E-state index >= 15 is 0 Å². The van der Waals surface area contributed by atoms with Crippen LogP contribution >= 0.6 is 27.3 Å². The topological polar surface area (TPSA) is 107 Å². The molecule has 0 unspecified atom stereocenters. The predicted molar refractivity (Wildman–Crippen MR) is 150 cm³/mol. The van der Waals surface area contributed by atoms with Gasteiger partial charge in [-0.1, -0.05) is 29.5 Å². The number of hydrogen-bond donors (Lipinski definition) is 0. The van der Waals surface area contributed by atoms with Crippen LogP contribution in [0.15, 0.2) is 84.5 Å². The van der Waals surface area contributed by atoms with E-state index in [2.05, 4.69) is 27.0 Å². The Kier molecular flexibility index (Phi) is 7.37. The molecule has 1 atom stereocenters. The minimum Gasteiger partial charge on any atom is -0.496 e. The lowest BCUT2D eigenvalue weighted by molar-refractivity contribution is -0.139. The molecule has 0 saturated heterocycles. The molecule has 0 bridgehead atoms. The summed E-state index contributed by atoms with van der Waals surface area (Å²) in [6.45, 7) is 3.66. The van der Waals surface area contributed by atoms with Gasteiger partial charge in [-0.3, -0.25) is 9.36 Å². The quantitative estimate of drug-likeness (QED) is 0.296. The number of halogens is 1. The number of ether oxygens (including phenoxy) is 2. The number of carbonyl (C=O) groups excluding carboxylic acids is 1. The number of esters is 1. The van der Waals surface area contributed by atoms with Gasteiger partial charge in [-0.25, -0.2) is 9.79 Å². The Morgan fingerprint density at radius 3 is 2.77 bits per heavy atom. The molecule has 2 aromatic heterocycles. The number of hydrogen-bond acceptors (Lipinski definition) is 8. The van der Waals surface area contributed by atoms with Gasteiger partial charge >= 0.3 is 5.97 Å². The molecule has 0 aliphatic carbocycles. The van der Waals surface area contributed by atoms with Gasteiger partial charge in [0.2, 0.25) is 0 Å². The molecule has 1 aliphatic rings. The molecule has 2 aromatic carbocycles. The van der Waals surface area contributed by atoms with E-state index in [-0.39, 0.29) is 12.2 Å². The fourth-order valence-corrected chi connectivity index (χ4v) is 6.04. The molecule has 1 aliphatic heterocycles. The number of thiazole rings is 1. The van der Waals surface area contributed by atoms with Crippen LogP contribution in [0.5, 0.6) is 5.75 Å². The number of nitriles is 1. The van der Waals surface area contributed by atoms with Crippen molar-refractivity contribution in [3.63, 3.8) is 0 Å². The van der Waals surface area contributed by atoms with Crippen LogP contribution in [0.1, 0.15) is 36.8 Å². The van der Waals surface area contributed by atoms with Gasteiger partial charge in [0, 0.05) is 11.6 Å². The van der Waals surface area contributed by atoms with E-state index in [0.29, 0.717) is 59.0 Å². The predicted octanol–water partition coefficient (Wildman–Crippen LogP) is 4.70. The van der Waals surface area contributed by atoms with Crippen LogP contribution in [0.3, 0.4) is 0 Å². The second-order valence-electron chi connectivity index (χ2n) is 8.56. The Labute approximate surface area is 235 Å². The Bertz CT molecular complexity index is 1860. The maximum absolute atomic E-state index is 13.8. The molecule has 39 heavy (non-hydrogen) atoms. The minimum atomic E-state index is -0.751. The second-order valence-corrected chi connectivity index (χ2v) is 10.4. The normalized spacial score (nSPS) is 14.9. The highest BCUT2D eigenvalue weighted by atomic mass is 79.9. The Hall–Kier alpha value is -4.20. The number of allylic oxidation sites excluding steroid dienone is 1. The summed E-state index contributed by atoms with van der Waals surface area (Å²) in [5.41, 5.74) is 2.31. The van der Waals surface area contributed by atoms with Crippen LogP contribution in [-0.4, -0.2) is 24.3 Å². The third kappa shape index (κ3) is 4.87. The molecule has 0 fully saturated rings. The lowest BCUT2D eigenvalue weighted by Crippen LogP contribution is -2.39. The van der Waals surface area contributed by atoms with E-state index in [0.717, 1.165) is 0 Å². The number of benzene rings is 2. The van der Waals surface area contributed by atoms with Crippen LogP contribution in [-0.2, 0) is 9.53 Å². The molecule has 0 spiro atoms. The first-order chi connectivity index (χ1) is 18.9. The van der Waals surface area contributed by atoms with E-state index < -0.39 is 12.0 Å². The van der Waals surface area contributed by atoms with Gasteiger partial charge in [0.1, 0.15) is 17.3 Å². The van der Waals surface area contributed by atoms with Crippen molar-refractivity contribution in [2.24, 2.45) is 4.99 Å². The Morgan fingerprint density at radius 1 is 1.26 bits per heavy atom. The van der Waals surface area contributed by atoms with Gasteiger partial charge in [0.25, 0.3) is 5.56 Å². The fraction of sp³-hybridized carbons (Fsp3) is 0.172. The number of nitrogens with zero attached hydrogens (tertiary/aromatic N) is 3. The van der Waals surface area contributed by atoms with Crippen molar-refractivity contribution in [3.8, 4) is 23.1 Å². The number of furan rings is 1. The molecule has 0 radical (unpaired) electrons. The van der Waals surface area contributed by atoms with E-state index in [1.165, 1.54) is 15.9 Å². The number of aromatic nitrogens is 1. The van der Waals surface area contributed by atoms with E-state index in [9.17, 15) is 14.9 Å². The summed E-state index contributed by atoms with van der Waals surface area (Å²) in [6.07, 6.45) is 1.65. The Morgan fingerprint density at radius 2 is 2.05 bits per heavy atom. The van der Waals surface area contributed by atoms with Crippen molar-refractivity contribution in [2.45, 2.75) is 19.9 Å². The number of methoxy groups -OCH3 is 1. The van der Waals surface area contributed by atoms with Gasteiger partial charge in [0.05, 0.1) is 51.7 Å². The largest absolute Gasteiger partial charge is 0.496 e. The first-order valence-corrected chi connectivity index (χ1v) is 13.6. The number of carbonyl (C=O) groups is 1. The molecule has 0 amide bonds. The molecule has 0 N–H and O–H groups in total. The molecular weight excluding hydrogens is 582 g/mol. The van der Waals surface area contributed by atoms with Gasteiger partial charge < -0.3 is 13.9 Å². The zero-order valence-corrected chi connectivity index (χ0v) is 23.6. The summed E-state index contributed by atoms with van der Waals surface area (Å²) in [7, 11) is 1.57. The molecule has 10 heteroatoms. The van der Waals surface area contributed by atoms with Crippen LogP contribution in [0.25, 0.3) is 17.4 Å². The number of fused-ring (bicyclic) bond motifs is 1. The average Bonchev–Trinajstić information content (AvgIpc) is 3.52. The molecule has 5 rings (SSSR count). The van der Waals surface area contributed by atoms with Gasteiger partial charge in [-0.15, -0.1) is 0 Å². The van der Waals surface area contributed by atoms with E-state index in [1.54, 1.807) is 57.4 Å². The SMILES string of the molecule is CCOC(=O)C1=C(C)N=c2s/c(=C/c3ccc(-c4ccccc4C#N)o3)c(=O)n2[C@@H]1c1ccc(OC)c(Br)c1. The van der Waals surface area contributed by atoms with Gasteiger partial charge in [-0.2, -0.15) is 5.26 Å². The summed E-state index contributed by atoms with van der Waals surface area (Å²) in [5, 5.41) is 9.43. The first kappa shape index (κ1) is 26.4. The van der Waals surface area contributed by atoms with E-state index in [4.69, 9.17) is 13.9 Å². The maximum Gasteiger partial charge on any atom is 0.338 e. The smallest absolute Gasteiger partial charge is 0.338 e. The summed E-state index contributed by atoms with van der Waals surface area (Å²) in [6, 6.07) is 17.5. The summed E-state index contributed by atoms with van der Waals surface area (Å²) in [5.74, 6) is 1.06. The minimum absolute atomic E-state index is 0.189. The van der Waals surface area contributed by atoms with E-state index in [1.807, 2.05) is 24.3 Å². The third-order valence-corrected chi connectivity index (χ3v) is 7.82. The van der Waals surface area contributed by atoms with Gasteiger partial charge in [-0.05, 0) is 71.7 Å². The maximum atomic E-state index is 13.8.